The molecular formula is C16H28N4O8. The molecule has 12 nitrogen and oxygen atoms in total. The molecule has 160 valence electrons. The summed E-state index contributed by atoms with van der Waals surface area (Å²) >= 11 is 0. The molecule has 0 radical (unpaired) electrons. The van der Waals surface area contributed by atoms with Gasteiger partial charge in [-0.3, -0.25) is 24.0 Å². The van der Waals surface area contributed by atoms with E-state index in [1.165, 1.54) is 0 Å². The first-order chi connectivity index (χ1) is 12.9. The second kappa shape index (κ2) is 11.9. The van der Waals surface area contributed by atoms with E-state index < -0.39 is 66.9 Å². The number of nitrogens with two attached hydrogens (primary N) is 1. The standard InChI is InChI=1S/C16H28N4O8/c1-4-7(2)12(17)15(26)20-10(6-21)14(25)19-9(5-11(22)23)13(24)18-8(3)16(27)28/h7-10,12,21H,4-6,17H2,1-3H3,(H,18,24)(H,19,25)(H,20,26)(H,22,23)(H,27,28). The minimum atomic E-state index is -1.61. The number of hydrogen-bond acceptors (Lipinski definition) is 7. The fourth-order valence-corrected chi connectivity index (χ4v) is 2.01. The highest BCUT2D eigenvalue weighted by molar-refractivity contribution is 5.95. The first-order valence-corrected chi connectivity index (χ1v) is 8.66. The lowest BCUT2D eigenvalue weighted by molar-refractivity contribution is -0.143. The van der Waals surface area contributed by atoms with Crippen LogP contribution in [-0.4, -0.2) is 75.8 Å². The predicted octanol–water partition coefficient (Wildman–Crippen LogP) is -2.61. The summed E-state index contributed by atoms with van der Waals surface area (Å²) in [7, 11) is 0. The number of aliphatic hydroxyl groups excluding tert-OH is 1. The van der Waals surface area contributed by atoms with Crippen molar-refractivity contribution >= 4 is 29.7 Å². The van der Waals surface area contributed by atoms with Crippen molar-refractivity contribution < 1.29 is 39.3 Å². The third kappa shape index (κ3) is 8.31. The zero-order valence-corrected chi connectivity index (χ0v) is 16.0. The van der Waals surface area contributed by atoms with E-state index in [-0.39, 0.29) is 5.92 Å². The number of aliphatic carboxylic acids is 2. The molecule has 5 unspecified atom stereocenters. The topological polar surface area (TPSA) is 208 Å². The monoisotopic (exact) mass is 404 g/mol. The van der Waals surface area contributed by atoms with E-state index in [1.807, 2.05) is 12.2 Å². The van der Waals surface area contributed by atoms with E-state index in [4.69, 9.17) is 15.9 Å². The number of aliphatic hydroxyl groups is 1. The minimum absolute atomic E-state index is 0.189. The Balaban J connectivity index is 5.15. The van der Waals surface area contributed by atoms with Gasteiger partial charge in [-0.2, -0.15) is 0 Å². The number of carboxylic acids is 2. The minimum Gasteiger partial charge on any atom is -0.481 e. The number of nitrogens with one attached hydrogen (secondary N) is 3. The van der Waals surface area contributed by atoms with Crippen LogP contribution in [0.5, 0.6) is 0 Å². The first-order valence-electron chi connectivity index (χ1n) is 8.66. The lowest BCUT2D eigenvalue weighted by Gasteiger charge is -2.24. The Kier molecular flexibility index (Phi) is 10.7. The number of carbonyl (C=O) groups is 5. The van der Waals surface area contributed by atoms with Crippen molar-refractivity contribution in [3.63, 3.8) is 0 Å². The van der Waals surface area contributed by atoms with Crippen molar-refractivity contribution in [1.29, 1.82) is 0 Å². The van der Waals surface area contributed by atoms with Crippen molar-refractivity contribution in [2.24, 2.45) is 11.7 Å². The summed E-state index contributed by atoms with van der Waals surface area (Å²) in [5, 5.41) is 33.5. The number of rotatable bonds is 12. The Hall–Kier alpha value is -2.73. The fourth-order valence-electron chi connectivity index (χ4n) is 2.01. The predicted molar refractivity (Wildman–Crippen MR) is 95.9 cm³/mol. The summed E-state index contributed by atoms with van der Waals surface area (Å²) in [5.41, 5.74) is 5.75. The zero-order valence-electron chi connectivity index (χ0n) is 16.0. The molecule has 0 aromatic rings. The molecule has 0 aliphatic carbocycles. The summed E-state index contributed by atoms with van der Waals surface area (Å²) in [5.74, 6) is -5.71. The van der Waals surface area contributed by atoms with Gasteiger partial charge in [0.1, 0.15) is 18.1 Å². The highest BCUT2D eigenvalue weighted by atomic mass is 16.4. The van der Waals surface area contributed by atoms with Crippen LogP contribution in [0, 0.1) is 5.92 Å². The molecule has 0 aliphatic rings. The maximum atomic E-state index is 12.3. The number of amides is 3. The van der Waals surface area contributed by atoms with Crippen LogP contribution in [-0.2, 0) is 24.0 Å². The molecule has 0 aromatic heterocycles. The molecule has 0 saturated heterocycles. The van der Waals surface area contributed by atoms with Crippen molar-refractivity contribution in [2.75, 3.05) is 6.61 Å². The lowest BCUT2D eigenvalue weighted by atomic mass is 9.99. The molecule has 0 fully saturated rings. The second-order valence-electron chi connectivity index (χ2n) is 6.38. The van der Waals surface area contributed by atoms with Gasteiger partial charge >= 0.3 is 11.9 Å². The highest BCUT2D eigenvalue weighted by Gasteiger charge is 2.31. The third-order valence-corrected chi connectivity index (χ3v) is 4.12. The fraction of sp³-hybridized carbons (Fsp3) is 0.688. The van der Waals surface area contributed by atoms with E-state index in [1.54, 1.807) is 6.92 Å². The average Bonchev–Trinajstić information content (AvgIpc) is 2.62. The van der Waals surface area contributed by atoms with Crippen LogP contribution in [0.2, 0.25) is 0 Å². The van der Waals surface area contributed by atoms with Crippen LogP contribution in [0.1, 0.15) is 33.6 Å². The van der Waals surface area contributed by atoms with Gasteiger partial charge in [-0.1, -0.05) is 20.3 Å². The molecule has 0 aromatic carbocycles. The van der Waals surface area contributed by atoms with Gasteiger partial charge in [0.2, 0.25) is 17.7 Å². The van der Waals surface area contributed by atoms with Gasteiger partial charge in [0, 0.05) is 0 Å². The Morgan fingerprint density at radius 2 is 1.39 bits per heavy atom. The van der Waals surface area contributed by atoms with Gasteiger partial charge < -0.3 is 37.0 Å². The van der Waals surface area contributed by atoms with E-state index >= 15 is 0 Å². The molecule has 8 N–H and O–H groups in total. The second-order valence-corrected chi connectivity index (χ2v) is 6.38. The van der Waals surface area contributed by atoms with Crippen molar-refractivity contribution in [3.05, 3.63) is 0 Å². The zero-order chi connectivity index (χ0) is 22.0. The SMILES string of the molecule is CCC(C)C(N)C(=O)NC(CO)C(=O)NC(CC(=O)O)C(=O)NC(C)C(=O)O. The normalized spacial score (nSPS) is 16.0. The van der Waals surface area contributed by atoms with Crippen LogP contribution in [0.25, 0.3) is 0 Å². The Labute approximate surface area is 161 Å². The number of hydrogen-bond donors (Lipinski definition) is 7. The highest BCUT2D eigenvalue weighted by Crippen LogP contribution is 2.05. The van der Waals surface area contributed by atoms with Gasteiger partial charge in [0.15, 0.2) is 0 Å². The molecule has 3 amide bonds. The van der Waals surface area contributed by atoms with Crippen molar-refractivity contribution in [2.45, 2.75) is 57.8 Å². The molecule has 0 rings (SSSR count). The van der Waals surface area contributed by atoms with Crippen LogP contribution in [0.4, 0.5) is 0 Å². The van der Waals surface area contributed by atoms with Crippen LogP contribution in [0.15, 0.2) is 0 Å². The maximum absolute atomic E-state index is 12.3. The van der Waals surface area contributed by atoms with Gasteiger partial charge in [-0.05, 0) is 12.8 Å². The molecular weight excluding hydrogens is 376 g/mol. The summed E-state index contributed by atoms with van der Waals surface area (Å²) in [4.78, 5) is 58.2. The molecule has 0 bridgehead atoms. The van der Waals surface area contributed by atoms with E-state index in [0.717, 1.165) is 6.92 Å². The largest absolute Gasteiger partial charge is 0.481 e. The van der Waals surface area contributed by atoms with Crippen molar-refractivity contribution in [1.82, 2.24) is 16.0 Å². The average molecular weight is 404 g/mol. The molecule has 12 heteroatoms. The van der Waals surface area contributed by atoms with Crippen molar-refractivity contribution in [3.8, 4) is 0 Å². The van der Waals surface area contributed by atoms with Gasteiger partial charge in [0.25, 0.3) is 0 Å². The van der Waals surface area contributed by atoms with E-state index in [0.29, 0.717) is 6.42 Å². The summed E-state index contributed by atoms with van der Waals surface area (Å²) < 4.78 is 0. The van der Waals surface area contributed by atoms with Gasteiger partial charge in [0.05, 0.1) is 19.1 Å². The molecule has 5 atom stereocenters. The van der Waals surface area contributed by atoms with E-state index in [9.17, 15) is 29.1 Å². The molecule has 0 heterocycles. The molecule has 0 saturated carbocycles. The molecule has 28 heavy (non-hydrogen) atoms. The van der Waals surface area contributed by atoms with Gasteiger partial charge in [-0.25, -0.2) is 0 Å². The Morgan fingerprint density at radius 3 is 1.82 bits per heavy atom. The molecule has 0 aliphatic heterocycles. The Morgan fingerprint density at radius 1 is 0.893 bits per heavy atom. The van der Waals surface area contributed by atoms with Crippen LogP contribution >= 0.6 is 0 Å². The van der Waals surface area contributed by atoms with Crippen LogP contribution in [0.3, 0.4) is 0 Å². The smallest absolute Gasteiger partial charge is 0.325 e. The quantitative estimate of drug-likeness (QED) is 0.181. The number of carbonyl (C=O) groups excluding carboxylic acids is 3. The Bertz CT molecular complexity index is 597. The third-order valence-electron chi connectivity index (χ3n) is 4.12. The maximum Gasteiger partial charge on any atom is 0.325 e. The summed E-state index contributed by atoms with van der Waals surface area (Å²) in [6, 6.07) is -5.33. The summed E-state index contributed by atoms with van der Waals surface area (Å²) in [6.07, 6.45) is -0.227. The van der Waals surface area contributed by atoms with Gasteiger partial charge in [-0.15, -0.1) is 0 Å². The summed E-state index contributed by atoms with van der Waals surface area (Å²) in [6.45, 7) is 3.89. The lowest BCUT2D eigenvalue weighted by Crippen LogP contribution is -2.58. The molecule has 0 spiro atoms. The number of carboxylic acid groups (broad SMARTS) is 2. The van der Waals surface area contributed by atoms with E-state index in [2.05, 4.69) is 10.6 Å². The first kappa shape index (κ1) is 25.3. The van der Waals surface area contributed by atoms with Crippen LogP contribution < -0.4 is 21.7 Å².